The van der Waals surface area contributed by atoms with Crippen LogP contribution in [0.1, 0.15) is 13.8 Å². The molecule has 0 aromatic rings. The summed E-state index contributed by atoms with van der Waals surface area (Å²) in [5.41, 5.74) is 0. The van der Waals surface area contributed by atoms with E-state index in [-0.39, 0.29) is 0 Å². The van der Waals surface area contributed by atoms with Crippen molar-refractivity contribution >= 4 is 0 Å². The predicted molar refractivity (Wildman–Crippen MR) is 50.7 cm³/mol. The van der Waals surface area contributed by atoms with E-state index in [9.17, 15) is 13.2 Å². The number of aliphatic hydroxyl groups excluding tert-OH is 1. The van der Waals surface area contributed by atoms with Gasteiger partial charge in [0.1, 0.15) is 0 Å². The van der Waals surface area contributed by atoms with E-state index in [2.05, 4.69) is 0 Å². The van der Waals surface area contributed by atoms with E-state index in [0.717, 1.165) is 0 Å². The van der Waals surface area contributed by atoms with E-state index in [0.29, 0.717) is 26.3 Å². The average molecular weight is 229 g/mol. The first-order valence-corrected chi connectivity index (χ1v) is 4.96. The van der Waals surface area contributed by atoms with Crippen molar-refractivity contribution in [3.63, 3.8) is 0 Å². The number of nitrogens with zero attached hydrogens (tertiary/aromatic N) is 1. The van der Waals surface area contributed by atoms with Gasteiger partial charge in [-0.15, -0.1) is 0 Å². The minimum Gasteiger partial charge on any atom is -0.382 e. The summed E-state index contributed by atoms with van der Waals surface area (Å²) in [6.07, 6.45) is -6.82. The number of rotatable bonds is 7. The molecule has 0 aliphatic heterocycles. The summed E-state index contributed by atoms with van der Waals surface area (Å²) in [4.78, 5) is 1.51. The van der Waals surface area contributed by atoms with Gasteiger partial charge in [-0.1, -0.05) is 6.92 Å². The molecule has 92 valence electrons. The van der Waals surface area contributed by atoms with Gasteiger partial charge >= 0.3 is 6.18 Å². The summed E-state index contributed by atoms with van der Waals surface area (Å²) in [6.45, 7) is 4.95. The van der Waals surface area contributed by atoms with E-state index < -0.39 is 18.8 Å². The van der Waals surface area contributed by atoms with Crippen LogP contribution >= 0.6 is 0 Å². The number of halogens is 3. The second-order valence-electron chi connectivity index (χ2n) is 3.15. The number of alkyl halides is 3. The van der Waals surface area contributed by atoms with Gasteiger partial charge in [0, 0.05) is 19.7 Å². The molecule has 0 rings (SSSR count). The van der Waals surface area contributed by atoms with Crippen LogP contribution in [0.5, 0.6) is 0 Å². The van der Waals surface area contributed by atoms with Gasteiger partial charge in [-0.25, -0.2) is 0 Å². The standard InChI is InChI=1S/C9H18F3NO2/c1-3-13(5-6-15-4-2)7-8(14)9(10,11)12/h8,14H,3-7H2,1-2H3. The minimum atomic E-state index is -4.54. The van der Waals surface area contributed by atoms with E-state index in [4.69, 9.17) is 9.84 Å². The molecule has 0 saturated carbocycles. The molecule has 0 radical (unpaired) electrons. The molecule has 0 fully saturated rings. The van der Waals surface area contributed by atoms with Crippen molar-refractivity contribution in [3.8, 4) is 0 Å². The third kappa shape index (κ3) is 6.70. The maximum absolute atomic E-state index is 12.0. The van der Waals surface area contributed by atoms with E-state index in [1.54, 1.807) is 6.92 Å². The molecule has 0 saturated heterocycles. The second-order valence-corrected chi connectivity index (χ2v) is 3.15. The van der Waals surface area contributed by atoms with Crippen molar-refractivity contribution in [2.45, 2.75) is 26.1 Å². The van der Waals surface area contributed by atoms with Crippen molar-refractivity contribution in [1.29, 1.82) is 0 Å². The lowest BCUT2D eigenvalue weighted by molar-refractivity contribution is -0.208. The van der Waals surface area contributed by atoms with Crippen LogP contribution in [0.2, 0.25) is 0 Å². The second kappa shape index (κ2) is 7.03. The Morgan fingerprint density at radius 1 is 1.33 bits per heavy atom. The highest BCUT2D eigenvalue weighted by Gasteiger charge is 2.38. The first kappa shape index (κ1) is 14.7. The molecule has 1 unspecified atom stereocenters. The van der Waals surface area contributed by atoms with Gasteiger partial charge in [-0.3, -0.25) is 4.90 Å². The number of likely N-dealkylation sites (N-methyl/N-ethyl adjacent to an activating group) is 1. The molecule has 0 aliphatic carbocycles. The summed E-state index contributed by atoms with van der Waals surface area (Å²) >= 11 is 0. The van der Waals surface area contributed by atoms with E-state index in [1.807, 2.05) is 6.92 Å². The van der Waals surface area contributed by atoms with Gasteiger partial charge in [-0.05, 0) is 13.5 Å². The average Bonchev–Trinajstić information content (AvgIpc) is 2.14. The Balaban J connectivity index is 3.88. The monoisotopic (exact) mass is 229 g/mol. The van der Waals surface area contributed by atoms with Crippen LogP contribution in [0.15, 0.2) is 0 Å². The van der Waals surface area contributed by atoms with Gasteiger partial charge in [-0.2, -0.15) is 13.2 Å². The summed E-state index contributed by atoms with van der Waals surface area (Å²) in [5.74, 6) is 0. The molecule has 0 heterocycles. The predicted octanol–water partition coefficient (Wildman–Crippen LogP) is 1.27. The zero-order valence-corrected chi connectivity index (χ0v) is 9.05. The smallest absolute Gasteiger partial charge is 0.382 e. The molecular formula is C9H18F3NO2. The largest absolute Gasteiger partial charge is 0.415 e. The molecule has 0 aromatic heterocycles. The lowest BCUT2D eigenvalue weighted by Crippen LogP contribution is -2.42. The van der Waals surface area contributed by atoms with Crippen LogP contribution < -0.4 is 0 Å². The topological polar surface area (TPSA) is 32.7 Å². The van der Waals surface area contributed by atoms with Crippen LogP contribution in [-0.2, 0) is 4.74 Å². The highest BCUT2D eigenvalue weighted by molar-refractivity contribution is 4.70. The van der Waals surface area contributed by atoms with Crippen LogP contribution in [0.4, 0.5) is 13.2 Å². The Morgan fingerprint density at radius 3 is 2.33 bits per heavy atom. The summed E-state index contributed by atoms with van der Waals surface area (Å²) in [5, 5.41) is 8.84. The highest BCUT2D eigenvalue weighted by Crippen LogP contribution is 2.20. The van der Waals surface area contributed by atoms with Gasteiger partial charge < -0.3 is 9.84 Å². The van der Waals surface area contributed by atoms with Crippen molar-refractivity contribution in [3.05, 3.63) is 0 Å². The molecule has 1 atom stereocenters. The Labute approximate surface area is 87.8 Å². The molecule has 15 heavy (non-hydrogen) atoms. The fourth-order valence-electron chi connectivity index (χ4n) is 1.06. The highest BCUT2D eigenvalue weighted by atomic mass is 19.4. The lowest BCUT2D eigenvalue weighted by Gasteiger charge is -2.24. The van der Waals surface area contributed by atoms with Gasteiger partial charge in [0.25, 0.3) is 0 Å². The molecule has 1 N–H and O–H groups in total. The van der Waals surface area contributed by atoms with E-state index in [1.165, 1.54) is 4.90 Å². The molecule has 3 nitrogen and oxygen atoms in total. The Bertz CT molecular complexity index is 164. The summed E-state index contributed by atoms with van der Waals surface area (Å²) < 4.78 is 41.1. The first-order chi connectivity index (χ1) is 6.91. The SMILES string of the molecule is CCOCCN(CC)CC(O)C(F)(F)F. The Kier molecular flexibility index (Phi) is 6.87. The normalized spacial score (nSPS) is 14.6. The molecule has 0 bridgehead atoms. The maximum Gasteiger partial charge on any atom is 0.415 e. The quantitative estimate of drug-likeness (QED) is 0.667. The van der Waals surface area contributed by atoms with Gasteiger partial charge in [0.15, 0.2) is 6.10 Å². The van der Waals surface area contributed by atoms with Crippen LogP contribution in [0.3, 0.4) is 0 Å². The van der Waals surface area contributed by atoms with Gasteiger partial charge in [0.05, 0.1) is 6.61 Å². The third-order valence-corrected chi connectivity index (χ3v) is 2.01. The number of ether oxygens (including phenoxy) is 1. The molecule has 6 heteroatoms. The minimum absolute atomic E-state index is 0.384. The van der Waals surface area contributed by atoms with Crippen molar-refractivity contribution in [2.75, 3.05) is 32.8 Å². The van der Waals surface area contributed by atoms with Crippen LogP contribution in [-0.4, -0.2) is 55.1 Å². The molecule has 0 aromatic carbocycles. The van der Waals surface area contributed by atoms with Crippen LogP contribution in [0.25, 0.3) is 0 Å². The Hall–Kier alpha value is -0.330. The fraction of sp³-hybridized carbons (Fsp3) is 1.00. The molecular weight excluding hydrogens is 211 g/mol. The molecule has 0 aliphatic rings. The fourth-order valence-corrected chi connectivity index (χ4v) is 1.06. The first-order valence-electron chi connectivity index (χ1n) is 4.96. The summed E-state index contributed by atoms with van der Waals surface area (Å²) in [6, 6.07) is 0. The molecule has 0 amide bonds. The zero-order valence-electron chi connectivity index (χ0n) is 9.05. The third-order valence-electron chi connectivity index (χ3n) is 2.01. The van der Waals surface area contributed by atoms with E-state index >= 15 is 0 Å². The van der Waals surface area contributed by atoms with Crippen molar-refractivity contribution in [1.82, 2.24) is 4.90 Å². The van der Waals surface area contributed by atoms with Crippen molar-refractivity contribution < 1.29 is 23.0 Å². The lowest BCUT2D eigenvalue weighted by atomic mass is 10.3. The number of hydrogen-bond donors (Lipinski definition) is 1. The molecule has 0 spiro atoms. The van der Waals surface area contributed by atoms with Crippen molar-refractivity contribution in [2.24, 2.45) is 0 Å². The Morgan fingerprint density at radius 2 is 1.93 bits per heavy atom. The zero-order chi connectivity index (χ0) is 11.9. The van der Waals surface area contributed by atoms with Gasteiger partial charge in [0.2, 0.25) is 0 Å². The number of aliphatic hydroxyl groups is 1. The number of hydrogen-bond acceptors (Lipinski definition) is 3. The maximum atomic E-state index is 12.0. The summed E-state index contributed by atoms with van der Waals surface area (Å²) in [7, 11) is 0. The van der Waals surface area contributed by atoms with Crippen LogP contribution in [0, 0.1) is 0 Å².